The lowest BCUT2D eigenvalue weighted by atomic mass is 10.2. The summed E-state index contributed by atoms with van der Waals surface area (Å²) in [4.78, 5) is 23.5. The number of rotatable bonds is 4. The molecule has 4 N–H and O–H groups in total. The van der Waals surface area contributed by atoms with E-state index in [0.717, 1.165) is 12.8 Å². The van der Waals surface area contributed by atoms with Crippen molar-refractivity contribution in [1.29, 1.82) is 0 Å². The van der Waals surface area contributed by atoms with E-state index in [1.807, 2.05) is 0 Å². The Hall–Kier alpha value is -2.35. The summed E-state index contributed by atoms with van der Waals surface area (Å²) < 4.78 is 4.80. The van der Waals surface area contributed by atoms with Gasteiger partial charge in [0.15, 0.2) is 5.11 Å². The summed E-state index contributed by atoms with van der Waals surface area (Å²) in [6.45, 7) is 2.00. The largest absolute Gasteiger partial charge is 0.450 e. The van der Waals surface area contributed by atoms with Crippen molar-refractivity contribution in [2.45, 2.75) is 38.6 Å². The monoisotopic (exact) mass is 350 g/mol. The lowest BCUT2D eigenvalue weighted by Gasteiger charge is -2.16. The van der Waals surface area contributed by atoms with Crippen molar-refractivity contribution in [2.24, 2.45) is 0 Å². The van der Waals surface area contributed by atoms with Crippen LogP contribution in [0.3, 0.4) is 0 Å². The third kappa shape index (κ3) is 5.69. The third-order valence-electron chi connectivity index (χ3n) is 3.63. The Morgan fingerprint density at radius 2 is 2.00 bits per heavy atom. The van der Waals surface area contributed by atoms with Gasteiger partial charge in [0.2, 0.25) is 0 Å². The van der Waals surface area contributed by atoms with Crippen molar-refractivity contribution >= 4 is 35.0 Å². The second-order valence-corrected chi connectivity index (χ2v) is 5.87. The van der Waals surface area contributed by atoms with Gasteiger partial charge in [-0.1, -0.05) is 18.9 Å². The summed E-state index contributed by atoms with van der Waals surface area (Å²) in [5.41, 5.74) is 6.11. The number of amides is 2. The molecule has 0 unspecified atom stereocenters. The maximum Gasteiger partial charge on any atom is 0.411 e. The average Bonchev–Trinajstić information content (AvgIpc) is 3.06. The van der Waals surface area contributed by atoms with E-state index in [2.05, 4.69) is 21.5 Å². The number of carbonyl (C=O) groups excluding carboxylic acids is 2. The van der Waals surface area contributed by atoms with E-state index < -0.39 is 6.09 Å². The maximum absolute atomic E-state index is 12.1. The van der Waals surface area contributed by atoms with Crippen LogP contribution in [0.2, 0.25) is 0 Å². The van der Waals surface area contributed by atoms with Crippen molar-refractivity contribution < 1.29 is 14.3 Å². The van der Waals surface area contributed by atoms with Crippen LogP contribution < -0.4 is 21.5 Å². The molecule has 1 aromatic carbocycles. The van der Waals surface area contributed by atoms with Crippen LogP contribution in [0.4, 0.5) is 10.5 Å². The molecule has 1 aliphatic carbocycles. The van der Waals surface area contributed by atoms with E-state index in [0.29, 0.717) is 22.4 Å². The Bertz CT molecular complexity index is 603. The number of benzene rings is 1. The molecular weight excluding hydrogens is 328 g/mol. The second-order valence-electron chi connectivity index (χ2n) is 5.46. The van der Waals surface area contributed by atoms with Gasteiger partial charge in [0.25, 0.3) is 5.91 Å². The van der Waals surface area contributed by atoms with Gasteiger partial charge < -0.3 is 10.1 Å². The van der Waals surface area contributed by atoms with Crippen LogP contribution in [0.25, 0.3) is 0 Å². The van der Waals surface area contributed by atoms with Crippen LogP contribution in [0.15, 0.2) is 24.3 Å². The predicted octanol–water partition coefficient (Wildman–Crippen LogP) is 2.31. The summed E-state index contributed by atoms with van der Waals surface area (Å²) in [7, 11) is 0. The number of nitrogens with one attached hydrogen (secondary N) is 4. The molecule has 0 atom stereocenters. The van der Waals surface area contributed by atoms with E-state index in [9.17, 15) is 9.59 Å². The fourth-order valence-corrected chi connectivity index (χ4v) is 2.72. The normalized spacial score (nSPS) is 13.9. The van der Waals surface area contributed by atoms with Crippen molar-refractivity contribution in [3.05, 3.63) is 29.8 Å². The summed E-state index contributed by atoms with van der Waals surface area (Å²) in [5.74, 6) is -0.349. The SMILES string of the molecule is CCOC(=O)Nc1cccc(C(=O)NNC(=S)NC2CCCC2)c1. The lowest BCUT2D eigenvalue weighted by Crippen LogP contribution is -2.49. The van der Waals surface area contributed by atoms with E-state index in [1.54, 1.807) is 31.2 Å². The molecule has 24 heavy (non-hydrogen) atoms. The van der Waals surface area contributed by atoms with Gasteiger partial charge in [0.05, 0.1) is 6.61 Å². The molecule has 1 saturated carbocycles. The molecule has 2 rings (SSSR count). The molecule has 8 heteroatoms. The van der Waals surface area contributed by atoms with Gasteiger partial charge >= 0.3 is 6.09 Å². The third-order valence-corrected chi connectivity index (χ3v) is 3.85. The molecule has 0 saturated heterocycles. The molecule has 0 bridgehead atoms. The van der Waals surface area contributed by atoms with Crippen LogP contribution in [-0.4, -0.2) is 29.8 Å². The van der Waals surface area contributed by atoms with Gasteiger partial charge in [-0.15, -0.1) is 0 Å². The van der Waals surface area contributed by atoms with Gasteiger partial charge in [-0.3, -0.25) is 21.0 Å². The maximum atomic E-state index is 12.1. The lowest BCUT2D eigenvalue weighted by molar-refractivity contribution is 0.0943. The summed E-state index contributed by atoms with van der Waals surface area (Å²) in [6, 6.07) is 6.92. The quantitative estimate of drug-likeness (QED) is 0.492. The van der Waals surface area contributed by atoms with E-state index in [4.69, 9.17) is 17.0 Å². The van der Waals surface area contributed by atoms with E-state index in [-0.39, 0.29) is 12.5 Å². The van der Waals surface area contributed by atoms with Crippen LogP contribution in [-0.2, 0) is 4.74 Å². The highest BCUT2D eigenvalue weighted by Gasteiger charge is 2.15. The Morgan fingerprint density at radius 3 is 2.71 bits per heavy atom. The van der Waals surface area contributed by atoms with Crippen LogP contribution in [0.1, 0.15) is 43.0 Å². The molecule has 0 heterocycles. The molecule has 1 fully saturated rings. The summed E-state index contributed by atoms with van der Waals surface area (Å²) >= 11 is 5.16. The molecule has 1 aromatic rings. The van der Waals surface area contributed by atoms with Gasteiger partial charge in [-0.05, 0) is 50.2 Å². The van der Waals surface area contributed by atoms with Crippen molar-refractivity contribution in [1.82, 2.24) is 16.2 Å². The highest BCUT2D eigenvalue weighted by atomic mass is 32.1. The minimum atomic E-state index is -0.560. The molecule has 0 aliphatic heterocycles. The highest BCUT2D eigenvalue weighted by Crippen LogP contribution is 2.17. The van der Waals surface area contributed by atoms with Crippen LogP contribution in [0, 0.1) is 0 Å². The van der Waals surface area contributed by atoms with Crippen molar-refractivity contribution in [3.63, 3.8) is 0 Å². The fourth-order valence-electron chi connectivity index (χ4n) is 2.50. The number of hydrazine groups is 1. The zero-order valence-corrected chi connectivity index (χ0v) is 14.4. The molecule has 0 radical (unpaired) electrons. The highest BCUT2D eigenvalue weighted by molar-refractivity contribution is 7.80. The predicted molar refractivity (Wildman–Crippen MR) is 95.7 cm³/mol. The second kappa shape index (κ2) is 9.07. The number of hydrogen-bond donors (Lipinski definition) is 4. The smallest absolute Gasteiger partial charge is 0.411 e. The number of anilines is 1. The number of ether oxygens (including phenoxy) is 1. The van der Waals surface area contributed by atoms with E-state index in [1.165, 1.54) is 12.8 Å². The first-order valence-corrected chi connectivity index (χ1v) is 8.40. The minimum Gasteiger partial charge on any atom is -0.450 e. The fraction of sp³-hybridized carbons (Fsp3) is 0.438. The van der Waals surface area contributed by atoms with E-state index >= 15 is 0 Å². The standard InChI is InChI=1S/C16H22N4O3S/c1-2-23-16(22)18-13-9-5-6-11(10-13)14(21)19-20-15(24)17-12-7-3-4-8-12/h5-6,9-10,12H,2-4,7-8H2,1H3,(H,18,22)(H,19,21)(H2,17,20,24). The molecule has 7 nitrogen and oxygen atoms in total. The van der Waals surface area contributed by atoms with Gasteiger partial charge in [0, 0.05) is 17.3 Å². The Labute approximate surface area is 146 Å². The topological polar surface area (TPSA) is 91.5 Å². The zero-order valence-electron chi connectivity index (χ0n) is 13.6. The Kier molecular flexibility index (Phi) is 6.80. The summed E-state index contributed by atoms with van der Waals surface area (Å²) in [5, 5.41) is 6.12. The first-order chi connectivity index (χ1) is 11.6. The van der Waals surface area contributed by atoms with Gasteiger partial charge in [-0.2, -0.15) is 0 Å². The number of thiocarbonyl (C=S) groups is 1. The zero-order chi connectivity index (χ0) is 17.4. The van der Waals surface area contributed by atoms with Crippen LogP contribution >= 0.6 is 12.2 Å². The molecule has 2 amide bonds. The molecule has 1 aliphatic rings. The van der Waals surface area contributed by atoms with Crippen molar-refractivity contribution in [3.8, 4) is 0 Å². The van der Waals surface area contributed by atoms with Crippen molar-refractivity contribution in [2.75, 3.05) is 11.9 Å². The van der Waals surface area contributed by atoms with Gasteiger partial charge in [0.1, 0.15) is 0 Å². The summed E-state index contributed by atoms with van der Waals surface area (Å²) in [6.07, 6.45) is 4.03. The molecule has 0 aromatic heterocycles. The first kappa shape index (κ1) is 18.0. The Balaban J connectivity index is 1.83. The van der Waals surface area contributed by atoms with Crippen LogP contribution in [0.5, 0.6) is 0 Å². The number of hydrogen-bond acceptors (Lipinski definition) is 4. The average molecular weight is 350 g/mol. The molecular formula is C16H22N4O3S. The minimum absolute atomic E-state index is 0.279. The molecule has 130 valence electrons. The number of carbonyl (C=O) groups is 2. The van der Waals surface area contributed by atoms with Gasteiger partial charge in [-0.25, -0.2) is 4.79 Å². The Morgan fingerprint density at radius 1 is 1.25 bits per heavy atom. The first-order valence-electron chi connectivity index (χ1n) is 7.99. The molecule has 0 spiro atoms.